The highest BCUT2D eigenvalue weighted by Gasteiger charge is 2.22. The SMILES string of the molecule is C=Cc1cn(-c2ccc(C(N)=O)c(N[C@H]3CC[C@H](O)CC3)c2)c2nccc(-c3cnc4ccccc4c3)c12. The van der Waals surface area contributed by atoms with Crippen molar-refractivity contribution in [3.63, 3.8) is 0 Å². The van der Waals surface area contributed by atoms with Gasteiger partial charge in [-0.05, 0) is 67.6 Å². The lowest BCUT2D eigenvalue weighted by Crippen LogP contribution is -2.29. The van der Waals surface area contributed by atoms with E-state index in [1.807, 2.05) is 59.4 Å². The van der Waals surface area contributed by atoms with Crippen LogP contribution in [-0.2, 0) is 0 Å². The van der Waals surface area contributed by atoms with Gasteiger partial charge in [0.05, 0.1) is 17.2 Å². The molecule has 5 aromatic rings. The van der Waals surface area contributed by atoms with Gasteiger partial charge >= 0.3 is 0 Å². The summed E-state index contributed by atoms with van der Waals surface area (Å²) < 4.78 is 2.02. The van der Waals surface area contributed by atoms with Crippen molar-refractivity contribution in [3.05, 3.63) is 90.9 Å². The largest absolute Gasteiger partial charge is 0.393 e. The molecule has 1 aliphatic rings. The Kier molecular flexibility index (Phi) is 6.13. The molecular formula is C31H29N5O2. The molecule has 1 fully saturated rings. The van der Waals surface area contributed by atoms with Crippen molar-refractivity contribution in [2.45, 2.75) is 37.8 Å². The number of hydrogen-bond donors (Lipinski definition) is 3. The third-order valence-corrected chi connectivity index (χ3v) is 7.44. The quantitative estimate of drug-likeness (QED) is 0.276. The Balaban J connectivity index is 1.46. The highest BCUT2D eigenvalue weighted by atomic mass is 16.3. The number of aromatic nitrogens is 3. The molecule has 1 saturated carbocycles. The van der Waals surface area contributed by atoms with E-state index in [2.05, 4.69) is 29.0 Å². The first kappa shape index (κ1) is 23.9. The number of para-hydroxylation sites is 1. The second-order valence-electron chi connectivity index (χ2n) is 9.88. The van der Waals surface area contributed by atoms with Gasteiger partial charge in [-0.2, -0.15) is 0 Å². The molecule has 0 bridgehead atoms. The summed E-state index contributed by atoms with van der Waals surface area (Å²) in [6, 6.07) is 18.0. The molecule has 2 aromatic carbocycles. The van der Waals surface area contributed by atoms with Crippen LogP contribution in [-0.4, -0.2) is 37.7 Å². The molecule has 1 aliphatic carbocycles. The molecule has 4 N–H and O–H groups in total. The summed E-state index contributed by atoms with van der Waals surface area (Å²) in [6.07, 6.45) is 10.5. The smallest absolute Gasteiger partial charge is 0.250 e. The maximum absolute atomic E-state index is 12.2. The molecular weight excluding hydrogens is 474 g/mol. The molecule has 0 spiro atoms. The van der Waals surface area contributed by atoms with Crippen LogP contribution < -0.4 is 11.1 Å². The highest BCUT2D eigenvalue weighted by molar-refractivity contribution is 6.02. The van der Waals surface area contributed by atoms with E-state index in [0.717, 1.165) is 70.0 Å². The summed E-state index contributed by atoms with van der Waals surface area (Å²) in [5.74, 6) is -0.483. The average Bonchev–Trinajstić information content (AvgIpc) is 3.33. The van der Waals surface area contributed by atoms with Gasteiger partial charge in [-0.25, -0.2) is 4.98 Å². The van der Waals surface area contributed by atoms with Crippen molar-refractivity contribution in [1.82, 2.24) is 14.5 Å². The van der Waals surface area contributed by atoms with Crippen LogP contribution in [0.15, 0.2) is 79.8 Å². The maximum atomic E-state index is 12.2. The monoisotopic (exact) mass is 503 g/mol. The Morgan fingerprint density at radius 2 is 1.89 bits per heavy atom. The van der Waals surface area contributed by atoms with Gasteiger partial charge in [-0.3, -0.25) is 9.78 Å². The molecule has 6 rings (SSSR count). The van der Waals surface area contributed by atoms with E-state index in [9.17, 15) is 9.90 Å². The van der Waals surface area contributed by atoms with Crippen molar-refractivity contribution in [3.8, 4) is 16.8 Å². The predicted octanol–water partition coefficient (Wildman–Crippen LogP) is 5.70. The molecule has 0 unspecified atom stereocenters. The summed E-state index contributed by atoms with van der Waals surface area (Å²) in [7, 11) is 0. The minimum Gasteiger partial charge on any atom is -0.393 e. The van der Waals surface area contributed by atoms with Gasteiger partial charge in [0.15, 0.2) is 0 Å². The Morgan fingerprint density at radius 3 is 2.68 bits per heavy atom. The van der Waals surface area contributed by atoms with Gasteiger partial charge in [0.2, 0.25) is 0 Å². The number of benzene rings is 2. The van der Waals surface area contributed by atoms with E-state index >= 15 is 0 Å². The van der Waals surface area contributed by atoms with Crippen LogP contribution >= 0.6 is 0 Å². The maximum Gasteiger partial charge on any atom is 0.250 e. The molecule has 0 atom stereocenters. The first-order valence-corrected chi connectivity index (χ1v) is 12.9. The van der Waals surface area contributed by atoms with Gasteiger partial charge in [0.25, 0.3) is 5.91 Å². The molecule has 190 valence electrons. The number of carbonyl (C=O) groups excluding carboxylic acids is 1. The zero-order valence-corrected chi connectivity index (χ0v) is 21.0. The van der Waals surface area contributed by atoms with Crippen LogP contribution in [0.2, 0.25) is 0 Å². The van der Waals surface area contributed by atoms with Gasteiger partial charge in [-0.15, -0.1) is 0 Å². The predicted molar refractivity (Wildman–Crippen MR) is 152 cm³/mol. The summed E-state index contributed by atoms with van der Waals surface area (Å²) in [5, 5.41) is 15.5. The van der Waals surface area contributed by atoms with E-state index < -0.39 is 5.91 Å². The van der Waals surface area contributed by atoms with Crippen LogP contribution in [0.25, 0.3) is 44.8 Å². The number of nitrogens with zero attached hydrogens (tertiary/aromatic N) is 3. The number of primary amides is 1. The molecule has 3 aromatic heterocycles. The molecule has 1 amide bonds. The number of rotatable bonds is 6. The third kappa shape index (κ3) is 4.31. The van der Waals surface area contributed by atoms with E-state index in [1.165, 1.54) is 0 Å². The van der Waals surface area contributed by atoms with Gasteiger partial charge in [0.1, 0.15) is 5.65 Å². The number of carbonyl (C=O) groups is 1. The molecule has 0 saturated heterocycles. The minimum absolute atomic E-state index is 0.169. The molecule has 0 aliphatic heterocycles. The number of fused-ring (bicyclic) bond motifs is 2. The van der Waals surface area contributed by atoms with Crippen LogP contribution in [0.1, 0.15) is 41.6 Å². The topological polar surface area (TPSA) is 106 Å². The van der Waals surface area contributed by atoms with Gasteiger partial charge in [-0.1, -0.05) is 30.9 Å². The second kappa shape index (κ2) is 9.76. The average molecular weight is 504 g/mol. The fourth-order valence-corrected chi connectivity index (χ4v) is 5.45. The standard InChI is InChI=1S/C31H29N5O2/c1-2-19-18-36(23-9-12-26(30(32)38)28(16-23)35-22-7-10-24(37)11-8-22)31-29(19)25(13-14-33-31)21-15-20-5-3-4-6-27(20)34-17-21/h2-6,9,12-18,22,24,35,37H,1,7-8,10-11H2,(H2,32,38)/t22-,24-. The van der Waals surface area contributed by atoms with Crippen molar-refractivity contribution in [2.75, 3.05) is 5.32 Å². The third-order valence-electron chi connectivity index (χ3n) is 7.44. The Bertz CT molecular complexity index is 1680. The summed E-state index contributed by atoms with van der Waals surface area (Å²) >= 11 is 0. The molecule has 0 radical (unpaired) electrons. The lowest BCUT2D eigenvalue weighted by molar-refractivity contribution is 0.100. The first-order chi connectivity index (χ1) is 18.5. The summed E-state index contributed by atoms with van der Waals surface area (Å²) in [6.45, 7) is 4.06. The zero-order valence-electron chi connectivity index (χ0n) is 21.0. The van der Waals surface area contributed by atoms with E-state index in [1.54, 1.807) is 12.3 Å². The normalized spacial score (nSPS) is 17.5. The van der Waals surface area contributed by atoms with Crippen LogP contribution in [0, 0.1) is 0 Å². The first-order valence-electron chi connectivity index (χ1n) is 12.9. The van der Waals surface area contributed by atoms with Crippen molar-refractivity contribution in [2.24, 2.45) is 5.73 Å². The number of anilines is 1. The number of pyridine rings is 2. The molecule has 3 heterocycles. The minimum atomic E-state index is -0.483. The number of hydrogen-bond acceptors (Lipinski definition) is 5. The van der Waals surface area contributed by atoms with E-state index in [4.69, 9.17) is 10.7 Å². The number of aliphatic hydroxyl groups is 1. The Labute approximate surface area is 220 Å². The van der Waals surface area contributed by atoms with Crippen molar-refractivity contribution >= 4 is 39.6 Å². The van der Waals surface area contributed by atoms with E-state index in [0.29, 0.717) is 11.3 Å². The Morgan fingerprint density at radius 1 is 1.08 bits per heavy atom. The molecule has 38 heavy (non-hydrogen) atoms. The van der Waals surface area contributed by atoms with Gasteiger partial charge < -0.3 is 20.7 Å². The zero-order chi connectivity index (χ0) is 26.2. The summed E-state index contributed by atoms with van der Waals surface area (Å²) in [4.78, 5) is 21.6. The highest BCUT2D eigenvalue weighted by Crippen LogP contribution is 2.35. The molecule has 7 heteroatoms. The fraction of sp³-hybridized carbons (Fsp3) is 0.194. The molecule has 7 nitrogen and oxygen atoms in total. The van der Waals surface area contributed by atoms with Crippen LogP contribution in [0.4, 0.5) is 5.69 Å². The fourth-order valence-electron chi connectivity index (χ4n) is 5.45. The van der Waals surface area contributed by atoms with Crippen molar-refractivity contribution in [1.29, 1.82) is 0 Å². The van der Waals surface area contributed by atoms with Gasteiger partial charge in [0, 0.05) is 57.9 Å². The Hall–Kier alpha value is -4.49. The summed E-state index contributed by atoms with van der Waals surface area (Å²) in [5.41, 5.74) is 12.4. The number of nitrogens with one attached hydrogen (secondary N) is 1. The number of aliphatic hydroxyl groups excluding tert-OH is 1. The van der Waals surface area contributed by atoms with E-state index in [-0.39, 0.29) is 12.1 Å². The van der Waals surface area contributed by atoms with Crippen LogP contribution in [0.5, 0.6) is 0 Å². The van der Waals surface area contributed by atoms with Crippen LogP contribution in [0.3, 0.4) is 0 Å². The lowest BCUT2D eigenvalue weighted by atomic mass is 9.92. The number of nitrogens with two attached hydrogens (primary N) is 1. The second-order valence-corrected chi connectivity index (χ2v) is 9.88. The lowest BCUT2D eigenvalue weighted by Gasteiger charge is -2.28. The number of amides is 1. The van der Waals surface area contributed by atoms with Crippen molar-refractivity contribution < 1.29 is 9.90 Å².